The van der Waals surface area contributed by atoms with E-state index in [1.54, 1.807) is 30.3 Å². The quantitative estimate of drug-likeness (QED) is 0.575. The molecule has 1 heterocycles. The number of ether oxygens (including phenoxy) is 1. The minimum absolute atomic E-state index is 0. The van der Waals surface area contributed by atoms with Gasteiger partial charge < -0.3 is 14.6 Å². The average molecular weight is 430 g/mol. The second kappa shape index (κ2) is 9.63. The van der Waals surface area contributed by atoms with Crippen LogP contribution in [0.2, 0.25) is 5.02 Å². The molecule has 0 fully saturated rings. The van der Waals surface area contributed by atoms with Crippen molar-refractivity contribution >= 4 is 17.6 Å². The first-order chi connectivity index (χ1) is 13.2. The van der Waals surface area contributed by atoms with Gasteiger partial charge in [0.25, 0.3) is 0 Å². The number of carbonyl (C=O) groups is 1. The van der Waals surface area contributed by atoms with Crippen molar-refractivity contribution in [2.24, 2.45) is 0 Å². The Morgan fingerprint density at radius 1 is 1.00 bits per heavy atom. The van der Waals surface area contributed by atoms with Crippen LogP contribution in [0.1, 0.15) is 10.5 Å². The molecule has 0 atom stereocenters. The smallest absolute Gasteiger partial charge is 0.543 e. The largest absolute Gasteiger partial charge is 1.00 e. The number of hydrogen-bond acceptors (Lipinski definition) is 4. The normalized spacial score (nSPS) is 10.9. The second-order valence-electron chi connectivity index (χ2n) is 5.79. The minimum atomic E-state index is -4.50. The summed E-state index contributed by atoms with van der Waals surface area (Å²) in [6, 6.07) is 15.4. The maximum atomic E-state index is 12.6. The molecular formula is C20H12ClF3NNaO3. The Morgan fingerprint density at radius 2 is 1.69 bits per heavy atom. The molecule has 4 nitrogen and oxygen atoms in total. The van der Waals surface area contributed by atoms with E-state index < -0.39 is 18.8 Å². The van der Waals surface area contributed by atoms with Crippen molar-refractivity contribution in [1.82, 2.24) is 4.98 Å². The minimum Gasteiger partial charge on any atom is -0.543 e. The molecule has 0 saturated heterocycles. The number of benzene rings is 2. The van der Waals surface area contributed by atoms with Crippen LogP contribution in [-0.4, -0.2) is 23.7 Å². The van der Waals surface area contributed by atoms with Gasteiger partial charge in [0, 0.05) is 16.1 Å². The van der Waals surface area contributed by atoms with Crippen LogP contribution in [0.3, 0.4) is 0 Å². The van der Waals surface area contributed by atoms with Crippen LogP contribution in [0.25, 0.3) is 22.4 Å². The van der Waals surface area contributed by atoms with Crippen molar-refractivity contribution < 1.29 is 57.4 Å². The van der Waals surface area contributed by atoms with E-state index in [1.165, 1.54) is 30.3 Å². The van der Waals surface area contributed by atoms with Gasteiger partial charge in [-0.1, -0.05) is 41.9 Å². The van der Waals surface area contributed by atoms with Crippen molar-refractivity contribution in [2.45, 2.75) is 6.18 Å². The molecule has 0 bridgehead atoms. The molecule has 0 radical (unpaired) electrons. The summed E-state index contributed by atoms with van der Waals surface area (Å²) in [7, 11) is 0. The molecule has 0 unspecified atom stereocenters. The first-order valence-corrected chi connectivity index (χ1v) is 8.40. The summed E-state index contributed by atoms with van der Waals surface area (Å²) < 4.78 is 42.7. The van der Waals surface area contributed by atoms with E-state index in [4.69, 9.17) is 16.3 Å². The molecule has 0 N–H and O–H groups in total. The number of aromatic nitrogens is 1. The van der Waals surface area contributed by atoms with Crippen molar-refractivity contribution in [3.63, 3.8) is 0 Å². The van der Waals surface area contributed by atoms with Crippen molar-refractivity contribution in [3.05, 3.63) is 71.4 Å². The molecule has 0 aliphatic heterocycles. The molecule has 1 aromatic heterocycles. The molecule has 144 valence electrons. The number of nitrogens with zero attached hydrogens (tertiary/aromatic N) is 1. The standard InChI is InChI=1S/C20H13ClF3NO3.Na/c21-12-8-9-18(28-11-20(22,23)24)15(10-12)13-4-1-2-5-14(13)16-6-3-7-17(25-16)19(26)27;/h1-10H,11H2,(H,26,27);/q;+1/p-1. The molecule has 2 aromatic carbocycles. The van der Waals surface area contributed by atoms with E-state index in [9.17, 15) is 23.1 Å². The van der Waals surface area contributed by atoms with Gasteiger partial charge in [-0.05, 0) is 35.9 Å². The summed E-state index contributed by atoms with van der Waals surface area (Å²) in [6.07, 6.45) is -4.50. The van der Waals surface area contributed by atoms with Gasteiger partial charge in [-0.3, -0.25) is 0 Å². The number of pyridine rings is 1. The number of carbonyl (C=O) groups excluding carboxylic acids is 1. The molecule has 29 heavy (non-hydrogen) atoms. The van der Waals surface area contributed by atoms with E-state index in [2.05, 4.69) is 4.98 Å². The van der Waals surface area contributed by atoms with Crippen LogP contribution in [-0.2, 0) is 0 Å². The SMILES string of the molecule is O=C([O-])c1cccc(-c2ccccc2-c2cc(Cl)ccc2OCC(F)(F)F)n1.[Na+]. The summed E-state index contributed by atoms with van der Waals surface area (Å²) in [5.41, 5.74) is 1.38. The molecule has 0 amide bonds. The summed E-state index contributed by atoms with van der Waals surface area (Å²) in [6.45, 7) is -1.46. The Hall–Kier alpha value is -2.06. The van der Waals surface area contributed by atoms with E-state index in [1.807, 2.05) is 0 Å². The number of alkyl halides is 3. The molecule has 0 spiro atoms. The van der Waals surface area contributed by atoms with Crippen LogP contribution in [0.4, 0.5) is 13.2 Å². The fourth-order valence-corrected chi connectivity index (χ4v) is 2.81. The first-order valence-electron chi connectivity index (χ1n) is 8.02. The monoisotopic (exact) mass is 429 g/mol. The molecule has 0 aliphatic carbocycles. The van der Waals surface area contributed by atoms with Crippen LogP contribution in [0.5, 0.6) is 5.75 Å². The van der Waals surface area contributed by atoms with Gasteiger partial charge in [-0.25, -0.2) is 4.98 Å². The van der Waals surface area contributed by atoms with Gasteiger partial charge in [0.15, 0.2) is 6.61 Å². The summed E-state index contributed by atoms with van der Waals surface area (Å²) >= 11 is 6.04. The predicted molar refractivity (Wildman–Crippen MR) is 96.0 cm³/mol. The predicted octanol–water partition coefficient (Wildman–Crippen LogP) is 1.38. The Labute approximate surface area is 191 Å². The van der Waals surface area contributed by atoms with E-state index >= 15 is 0 Å². The third kappa shape index (κ3) is 5.96. The van der Waals surface area contributed by atoms with Gasteiger partial charge in [0.1, 0.15) is 5.75 Å². The second-order valence-corrected chi connectivity index (χ2v) is 6.22. The molecule has 0 aliphatic rings. The Morgan fingerprint density at radius 3 is 2.34 bits per heavy atom. The zero-order valence-corrected chi connectivity index (χ0v) is 17.9. The summed E-state index contributed by atoms with van der Waals surface area (Å²) in [4.78, 5) is 15.1. The number of carboxylic acids is 1. The van der Waals surface area contributed by atoms with Crippen LogP contribution < -0.4 is 39.4 Å². The number of aromatic carboxylic acids is 1. The average Bonchev–Trinajstić information content (AvgIpc) is 2.66. The third-order valence-electron chi connectivity index (χ3n) is 3.78. The van der Waals surface area contributed by atoms with Crippen LogP contribution in [0.15, 0.2) is 60.7 Å². The summed E-state index contributed by atoms with van der Waals surface area (Å²) in [5.74, 6) is -1.44. The van der Waals surface area contributed by atoms with Gasteiger partial charge in [0.05, 0.1) is 17.4 Å². The topological polar surface area (TPSA) is 62.2 Å². The van der Waals surface area contributed by atoms with E-state index in [-0.39, 0.29) is 41.0 Å². The molecule has 3 aromatic rings. The fourth-order valence-electron chi connectivity index (χ4n) is 2.64. The molecule has 9 heteroatoms. The molecule has 3 rings (SSSR count). The Balaban J connectivity index is 0.00000300. The summed E-state index contributed by atoms with van der Waals surface area (Å²) in [5, 5.41) is 11.4. The van der Waals surface area contributed by atoms with E-state index in [0.717, 1.165) is 0 Å². The van der Waals surface area contributed by atoms with Crippen molar-refractivity contribution in [3.8, 4) is 28.1 Å². The van der Waals surface area contributed by atoms with Gasteiger partial charge in [-0.15, -0.1) is 0 Å². The van der Waals surface area contributed by atoms with Crippen molar-refractivity contribution in [2.75, 3.05) is 6.61 Å². The molecular weight excluding hydrogens is 418 g/mol. The zero-order valence-electron chi connectivity index (χ0n) is 15.2. The maximum Gasteiger partial charge on any atom is 1.00 e. The molecule has 0 saturated carbocycles. The van der Waals surface area contributed by atoms with Gasteiger partial charge >= 0.3 is 35.7 Å². The van der Waals surface area contributed by atoms with Gasteiger partial charge in [0.2, 0.25) is 0 Å². The number of halogens is 4. The van der Waals surface area contributed by atoms with Crippen LogP contribution >= 0.6 is 11.6 Å². The van der Waals surface area contributed by atoms with E-state index in [0.29, 0.717) is 27.4 Å². The van der Waals surface area contributed by atoms with Crippen LogP contribution in [0, 0.1) is 0 Å². The number of carboxylic acid groups (broad SMARTS) is 1. The first kappa shape index (κ1) is 23.2. The number of hydrogen-bond donors (Lipinski definition) is 0. The van der Waals surface area contributed by atoms with Crippen molar-refractivity contribution in [1.29, 1.82) is 0 Å². The number of rotatable bonds is 5. The maximum absolute atomic E-state index is 12.6. The van der Waals surface area contributed by atoms with Gasteiger partial charge in [-0.2, -0.15) is 13.2 Å². The Kier molecular flexibility index (Phi) is 7.71. The zero-order chi connectivity index (χ0) is 20.3. The fraction of sp³-hybridized carbons (Fsp3) is 0.100. The third-order valence-corrected chi connectivity index (χ3v) is 4.02. The Bertz CT molecular complexity index is 1030.